The van der Waals surface area contributed by atoms with E-state index in [1.54, 1.807) is 0 Å². The van der Waals surface area contributed by atoms with Crippen molar-refractivity contribution in [2.75, 3.05) is 24.7 Å². The predicted octanol–water partition coefficient (Wildman–Crippen LogP) is 2.51. The van der Waals surface area contributed by atoms with Crippen molar-refractivity contribution in [3.8, 4) is 0 Å². The van der Waals surface area contributed by atoms with E-state index >= 15 is 0 Å². The van der Waals surface area contributed by atoms with Gasteiger partial charge < -0.3 is 4.74 Å². The van der Waals surface area contributed by atoms with Crippen LogP contribution in [0.2, 0.25) is 5.02 Å². The number of benzene rings is 1. The van der Waals surface area contributed by atoms with Crippen molar-refractivity contribution in [3.63, 3.8) is 0 Å². The lowest BCUT2D eigenvalue weighted by molar-refractivity contribution is 0.0575. The first-order valence-electron chi connectivity index (χ1n) is 7.83. The van der Waals surface area contributed by atoms with Gasteiger partial charge in [-0.2, -0.15) is 0 Å². The van der Waals surface area contributed by atoms with E-state index in [-0.39, 0.29) is 17.9 Å². The van der Waals surface area contributed by atoms with Gasteiger partial charge >= 0.3 is 0 Å². The Morgan fingerprint density at radius 2 is 2.09 bits per heavy atom. The average molecular weight is 344 g/mol. The van der Waals surface area contributed by atoms with E-state index in [1.807, 2.05) is 24.3 Å². The molecule has 2 aliphatic rings. The van der Waals surface area contributed by atoms with Crippen LogP contribution >= 0.6 is 11.6 Å². The average Bonchev–Trinajstić information content (AvgIpc) is 3.10. The van der Waals surface area contributed by atoms with E-state index in [0.717, 1.165) is 36.6 Å². The van der Waals surface area contributed by atoms with Gasteiger partial charge in [-0.3, -0.25) is 4.90 Å². The molecule has 2 fully saturated rings. The Hall–Kier alpha value is -0.620. The second-order valence-electron chi connectivity index (χ2n) is 6.21. The molecule has 0 N–H and O–H groups in total. The molecule has 2 aliphatic heterocycles. The van der Waals surface area contributed by atoms with Gasteiger partial charge in [0.15, 0.2) is 9.84 Å². The highest BCUT2D eigenvalue weighted by atomic mass is 35.5. The molecule has 4 nitrogen and oxygen atoms in total. The van der Waals surface area contributed by atoms with Crippen LogP contribution in [-0.2, 0) is 21.1 Å². The van der Waals surface area contributed by atoms with Crippen molar-refractivity contribution in [2.45, 2.75) is 38.0 Å². The van der Waals surface area contributed by atoms with E-state index in [4.69, 9.17) is 16.3 Å². The van der Waals surface area contributed by atoms with Gasteiger partial charge in [-0.15, -0.1) is 0 Å². The van der Waals surface area contributed by atoms with Crippen molar-refractivity contribution >= 4 is 21.4 Å². The number of hydrogen-bond donors (Lipinski definition) is 0. The summed E-state index contributed by atoms with van der Waals surface area (Å²) in [7, 11) is -2.89. The summed E-state index contributed by atoms with van der Waals surface area (Å²) in [5, 5.41) is 0.737. The lowest BCUT2D eigenvalue weighted by Crippen LogP contribution is -2.40. The Labute approximate surface area is 137 Å². The van der Waals surface area contributed by atoms with Gasteiger partial charge in [0.1, 0.15) is 0 Å². The summed E-state index contributed by atoms with van der Waals surface area (Å²) in [4.78, 5) is 2.25. The van der Waals surface area contributed by atoms with Gasteiger partial charge in [-0.25, -0.2) is 8.42 Å². The van der Waals surface area contributed by atoms with Crippen LogP contribution in [-0.4, -0.2) is 50.1 Å². The maximum Gasteiger partial charge on any atom is 0.151 e. The lowest BCUT2D eigenvalue weighted by atomic mass is 10.1. The standard InChI is InChI=1S/C16H22ClNO3S/c17-16-6-2-1-4-13(16)10-18(11-15-5-3-8-21-15)14-7-9-22(19,20)12-14/h1-2,4,6,14-15H,3,5,7-12H2/t14-,15-/m0/s1. The van der Waals surface area contributed by atoms with Crippen molar-refractivity contribution in [3.05, 3.63) is 34.9 Å². The molecule has 6 heteroatoms. The van der Waals surface area contributed by atoms with Crippen LogP contribution < -0.4 is 0 Å². The topological polar surface area (TPSA) is 46.6 Å². The van der Waals surface area contributed by atoms with Crippen LogP contribution in [0.3, 0.4) is 0 Å². The number of halogens is 1. The molecule has 0 unspecified atom stereocenters. The van der Waals surface area contributed by atoms with Crippen LogP contribution in [0.25, 0.3) is 0 Å². The summed E-state index contributed by atoms with van der Waals surface area (Å²) in [5.74, 6) is 0.548. The van der Waals surface area contributed by atoms with Gasteiger partial charge in [0.05, 0.1) is 17.6 Å². The summed E-state index contributed by atoms with van der Waals surface area (Å²) < 4.78 is 29.4. The molecule has 2 atom stereocenters. The van der Waals surface area contributed by atoms with Crippen molar-refractivity contribution in [1.82, 2.24) is 4.90 Å². The Morgan fingerprint density at radius 1 is 1.27 bits per heavy atom. The highest BCUT2D eigenvalue weighted by Crippen LogP contribution is 2.25. The SMILES string of the molecule is O=S1(=O)CC[C@H](N(Cc2ccccc2Cl)C[C@@H]2CCCO2)C1. The minimum absolute atomic E-state index is 0.0745. The molecule has 3 rings (SSSR count). The zero-order chi connectivity index (χ0) is 15.6. The quantitative estimate of drug-likeness (QED) is 0.824. The first-order chi connectivity index (χ1) is 10.5. The molecular weight excluding hydrogens is 322 g/mol. The number of sulfone groups is 1. The van der Waals surface area contributed by atoms with Crippen molar-refractivity contribution < 1.29 is 13.2 Å². The maximum absolute atomic E-state index is 11.8. The molecule has 0 bridgehead atoms. The summed E-state index contributed by atoms with van der Waals surface area (Å²) in [6.45, 7) is 2.28. The van der Waals surface area contributed by atoms with Crippen LogP contribution in [0.4, 0.5) is 0 Å². The van der Waals surface area contributed by atoms with Gasteiger partial charge in [-0.05, 0) is 30.9 Å². The van der Waals surface area contributed by atoms with Crippen molar-refractivity contribution in [1.29, 1.82) is 0 Å². The fourth-order valence-electron chi connectivity index (χ4n) is 3.30. The summed E-state index contributed by atoms with van der Waals surface area (Å²) in [6.07, 6.45) is 3.07. The summed E-state index contributed by atoms with van der Waals surface area (Å²) in [6, 6.07) is 7.85. The third-order valence-corrected chi connectivity index (χ3v) is 6.64. The molecule has 0 aliphatic carbocycles. The summed E-state index contributed by atoms with van der Waals surface area (Å²) in [5.41, 5.74) is 1.05. The van der Waals surface area contributed by atoms with Gasteiger partial charge in [0.2, 0.25) is 0 Å². The molecular formula is C16H22ClNO3S. The number of rotatable bonds is 5. The number of hydrogen-bond acceptors (Lipinski definition) is 4. The van der Waals surface area contributed by atoms with Gasteiger partial charge in [0.25, 0.3) is 0 Å². The minimum atomic E-state index is -2.89. The van der Waals surface area contributed by atoms with Gasteiger partial charge in [-0.1, -0.05) is 29.8 Å². The zero-order valence-corrected chi connectivity index (χ0v) is 14.2. The second kappa shape index (κ2) is 6.87. The van der Waals surface area contributed by atoms with E-state index in [1.165, 1.54) is 0 Å². The molecule has 0 spiro atoms. The highest BCUT2D eigenvalue weighted by molar-refractivity contribution is 7.91. The molecule has 0 amide bonds. The van der Waals surface area contributed by atoms with Gasteiger partial charge in [0, 0.05) is 30.8 Å². The predicted molar refractivity (Wildman–Crippen MR) is 87.9 cm³/mol. The molecule has 2 heterocycles. The fraction of sp³-hybridized carbons (Fsp3) is 0.625. The smallest absolute Gasteiger partial charge is 0.151 e. The van der Waals surface area contributed by atoms with Crippen LogP contribution in [0.5, 0.6) is 0 Å². The normalized spacial score (nSPS) is 27.5. The zero-order valence-electron chi connectivity index (χ0n) is 12.6. The molecule has 0 aromatic heterocycles. The lowest BCUT2D eigenvalue weighted by Gasteiger charge is -2.30. The van der Waals surface area contributed by atoms with Crippen molar-refractivity contribution in [2.24, 2.45) is 0 Å². The Morgan fingerprint density at radius 3 is 2.73 bits per heavy atom. The van der Waals surface area contributed by atoms with Crippen LogP contribution in [0, 0.1) is 0 Å². The van der Waals surface area contributed by atoms with E-state index in [0.29, 0.717) is 18.7 Å². The maximum atomic E-state index is 11.8. The highest BCUT2D eigenvalue weighted by Gasteiger charge is 2.34. The number of ether oxygens (including phenoxy) is 1. The number of nitrogens with zero attached hydrogens (tertiary/aromatic N) is 1. The molecule has 2 saturated heterocycles. The minimum Gasteiger partial charge on any atom is -0.377 e. The third-order valence-electron chi connectivity index (χ3n) is 4.52. The monoisotopic (exact) mass is 343 g/mol. The van der Waals surface area contributed by atoms with Crippen LogP contribution in [0.1, 0.15) is 24.8 Å². The fourth-order valence-corrected chi connectivity index (χ4v) is 5.26. The molecule has 1 aromatic rings. The molecule has 122 valence electrons. The Bertz CT molecular complexity index is 614. The van der Waals surface area contributed by atoms with E-state index in [2.05, 4.69) is 4.90 Å². The van der Waals surface area contributed by atoms with Crippen LogP contribution in [0.15, 0.2) is 24.3 Å². The first-order valence-corrected chi connectivity index (χ1v) is 10.0. The molecule has 1 aromatic carbocycles. The van der Waals surface area contributed by atoms with E-state index < -0.39 is 9.84 Å². The van der Waals surface area contributed by atoms with E-state index in [9.17, 15) is 8.42 Å². The molecule has 0 saturated carbocycles. The molecule has 22 heavy (non-hydrogen) atoms. The Kier molecular flexibility index (Phi) is 5.07. The largest absolute Gasteiger partial charge is 0.377 e. The molecule has 0 radical (unpaired) electrons. The summed E-state index contributed by atoms with van der Waals surface area (Å²) >= 11 is 6.27. The Balaban J connectivity index is 1.75. The first kappa shape index (κ1) is 16.2. The second-order valence-corrected chi connectivity index (χ2v) is 8.85. The third kappa shape index (κ3) is 4.02.